The maximum Gasteiger partial charge on any atom is 0.335 e. The van der Waals surface area contributed by atoms with Gasteiger partial charge in [0.2, 0.25) is 12.6 Å². The van der Waals surface area contributed by atoms with E-state index in [4.69, 9.17) is 28.4 Å². The molecular weight excluding hydrogens is 620 g/mol. The van der Waals surface area contributed by atoms with E-state index in [0.29, 0.717) is 22.6 Å². The Morgan fingerprint density at radius 3 is 1.31 bits per heavy atom. The molecule has 0 N–H and O–H groups in total. The molecule has 0 heterocycles. The van der Waals surface area contributed by atoms with Crippen molar-refractivity contribution in [2.24, 2.45) is 0 Å². The first-order valence-corrected chi connectivity index (χ1v) is 16.2. The first-order chi connectivity index (χ1) is 23.6. The van der Waals surface area contributed by atoms with Gasteiger partial charge in [0, 0.05) is 11.1 Å². The van der Waals surface area contributed by atoms with Crippen LogP contribution in [0.4, 0.5) is 0 Å². The van der Waals surface area contributed by atoms with Crippen LogP contribution < -0.4 is 9.47 Å². The van der Waals surface area contributed by atoms with Gasteiger partial charge in [0.15, 0.2) is 0 Å². The summed E-state index contributed by atoms with van der Waals surface area (Å²) in [6.45, 7) is 14.7. The van der Waals surface area contributed by atoms with E-state index in [1.165, 1.54) is 22.3 Å². The van der Waals surface area contributed by atoms with Gasteiger partial charge in [0.25, 0.3) is 0 Å². The number of benzene rings is 4. The Hall–Kier alpha value is -5.18. The lowest BCUT2D eigenvalue weighted by molar-refractivity contribution is -0.172. The van der Waals surface area contributed by atoms with E-state index in [-0.39, 0.29) is 26.4 Å². The fraction of sp³-hybridized carbons (Fsp3) is 0.268. The lowest BCUT2D eigenvalue weighted by Crippen LogP contribution is -2.28. The minimum atomic E-state index is -0.704. The molecule has 2 atom stereocenters. The molecule has 8 nitrogen and oxygen atoms in total. The number of carbonyl (C=O) groups excluding carboxylic acids is 2. The number of hydrogen-bond acceptors (Lipinski definition) is 8. The van der Waals surface area contributed by atoms with E-state index >= 15 is 0 Å². The molecule has 4 aromatic rings. The van der Waals surface area contributed by atoms with Gasteiger partial charge in [0.05, 0.1) is 18.6 Å². The molecule has 0 saturated heterocycles. The summed E-state index contributed by atoms with van der Waals surface area (Å²) in [5.41, 5.74) is 7.00. The summed E-state index contributed by atoms with van der Waals surface area (Å²) in [6.07, 6.45) is -1.41. The zero-order valence-electron chi connectivity index (χ0n) is 28.4. The molecule has 0 amide bonds. The van der Waals surface area contributed by atoms with Crippen molar-refractivity contribution in [1.82, 2.24) is 0 Å². The predicted molar refractivity (Wildman–Crippen MR) is 187 cm³/mol. The Morgan fingerprint density at radius 2 is 0.939 bits per heavy atom. The third-order valence-corrected chi connectivity index (χ3v) is 8.18. The average molecular weight is 663 g/mol. The lowest BCUT2D eigenvalue weighted by atomic mass is 9.68. The quantitative estimate of drug-likeness (QED) is 0.0458. The van der Waals surface area contributed by atoms with Crippen LogP contribution in [0.2, 0.25) is 0 Å². The fourth-order valence-electron chi connectivity index (χ4n) is 5.94. The molecule has 0 fully saturated rings. The standard InChI is InChI=1S/C41H42O8/c1-27(2)39(42)48-29(5)44-23-25-46-33-19-15-31(16-20-33)41(37-13-9-7-11-35(37)36-12-8-10-14-38(36)41)32-17-21-34(22-18-32)47-26-24-45-30(6)49-40(43)28(3)4/h7-22,29-30H,1,3,23-26H2,2,4-6H3. The predicted octanol–water partition coefficient (Wildman–Crippen LogP) is 7.77. The molecular formula is C41H42O8. The Morgan fingerprint density at radius 1 is 0.571 bits per heavy atom. The molecule has 0 bridgehead atoms. The summed E-state index contributed by atoms with van der Waals surface area (Å²) in [4.78, 5) is 23.4. The van der Waals surface area contributed by atoms with Gasteiger partial charge < -0.3 is 28.4 Å². The molecule has 4 aromatic carbocycles. The molecule has 254 valence electrons. The van der Waals surface area contributed by atoms with Gasteiger partial charge in [-0.1, -0.05) is 86.0 Å². The summed E-state index contributed by atoms with van der Waals surface area (Å²) >= 11 is 0. The molecule has 5 rings (SSSR count). The van der Waals surface area contributed by atoms with Crippen molar-refractivity contribution in [2.75, 3.05) is 26.4 Å². The molecule has 8 heteroatoms. The highest BCUT2D eigenvalue weighted by Crippen LogP contribution is 2.56. The Labute approximate surface area is 287 Å². The van der Waals surface area contributed by atoms with Crippen molar-refractivity contribution < 1.29 is 38.0 Å². The molecule has 2 unspecified atom stereocenters. The van der Waals surface area contributed by atoms with Crippen molar-refractivity contribution >= 4 is 11.9 Å². The van der Waals surface area contributed by atoms with Crippen molar-refractivity contribution in [2.45, 2.75) is 45.7 Å². The van der Waals surface area contributed by atoms with Crippen molar-refractivity contribution in [3.8, 4) is 22.6 Å². The fourth-order valence-corrected chi connectivity index (χ4v) is 5.94. The Balaban J connectivity index is 1.33. The van der Waals surface area contributed by atoms with Gasteiger partial charge >= 0.3 is 11.9 Å². The number of fused-ring (bicyclic) bond motifs is 3. The third kappa shape index (κ3) is 7.94. The van der Waals surface area contributed by atoms with Crippen molar-refractivity contribution in [3.05, 3.63) is 144 Å². The highest BCUT2D eigenvalue weighted by atomic mass is 16.7. The van der Waals surface area contributed by atoms with Crippen LogP contribution in [0.15, 0.2) is 121 Å². The molecule has 0 spiro atoms. The van der Waals surface area contributed by atoms with E-state index in [9.17, 15) is 9.59 Å². The number of ether oxygens (including phenoxy) is 6. The molecule has 0 aromatic heterocycles. The van der Waals surface area contributed by atoms with Gasteiger partial charge in [-0.25, -0.2) is 9.59 Å². The second kappa shape index (κ2) is 15.8. The van der Waals surface area contributed by atoms with Crippen LogP contribution in [0.1, 0.15) is 49.9 Å². The Bertz CT molecular complexity index is 1660. The first kappa shape index (κ1) is 35.1. The second-order valence-corrected chi connectivity index (χ2v) is 11.8. The minimum Gasteiger partial charge on any atom is -0.491 e. The summed E-state index contributed by atoms with van der Waals surface area (Å²) in [7, 11) is 0. The van der Waals surface area contributed by atoms with Gasteiger partial charge in [0.1, 0.15) is 24.7 Å². The van der Waals surface area contributed by atoms with E-state index in [1.807, 2.05) is 24.3 Å². The summed E-state index contributed by atoms with van der Waals surface area (Å²) in [5.74, 6) is 0.414. The van der Waals surface area contributed by atoms with Crippen LogP contribution in [0.25, 0.3) is 11.1 Å². The number of carbonyl (C=O) groups is 2. The van der Waals surface area contributed by atoms with Crippen molar-refractivity contribution in [3.63, 3.8) is 0 Å². The third-order valence-electron chi connectivity index (χ3n) is 8.18. The summed E-state index contributed by atoms with van der Waals surface area (Å²) in [5, 5.41) is 0. The van der Waals surface area contributed by atoms with Gasteiger partial charge in [-0.2, -0.15) is 0 Å². The number of esters is 2. The van der Waals surface area contributed by atoms with E-state index in [2.05, 4.69) is 86.0 Å². The van der Waals surface area contributed by atoms with Gasteiger partial charge in [-0.15, -0.1) is 0 Å². The normalized spacial score (nSPS) is 13.7. The van der Waals surface area contributed by atoms with Crippen LogP contribution in [0.5, 0.6) is 11.5 Å². The number of rotatable bonds is 16. The highest BCUT2D eigenvalue weighted by Gasteiger charge is 2.45. The summed E-state index contributed by atoms with van der Waals surface area (Å²) in [6, 6.07) is 33.4. The highest BCUT2D eigenvalue weighted by molar-refractivity contribution is 5.88. The molecule has 0 aliphatic heterocycles. The second-order valence-electron chi connectivity index (χ2n) is 11.8. The van der Waals surface area contributed by atoms with Gasteiger partial charge in [-0.3, -0.25) is 0 Å². The van der Waals surface area contributed by atoms with E-state index < -0.39 is 29.9 Å². The molecule has 49 heavy (non-hydrogen) atoms. The Kier molecular flexibility index (Phi) is 11.3. The van der Waals surface area contributed by atoms with Crippen molar-refractivity contribution in [1.29, 1.82) is 0 Å². The smallest absolute Gasteiger partial charge is 0.335 e. The van der Waals surface area contributed by atoms with Gasteiger partial charge in [-0.05, 0) is 85.3 Å². The maximum atomic E-state index is 11.7. The van der Waals surface area contributed by atoms with E-state index in [0.717, 1.165) is 11.1 Å². The van der Waals surface area contributed by atoms with Crippen LogP contribution in [-0.4, -0.2) is 50.9 Å². The molecule has 1 aliphatic rings. The maximum absolute atomic E-state index is 11.7. The van der Waals surface area contributed by atoms with Crippen LogP contribution in [-0.2, 0) is 34.0 Å². The summed E-state index contributed by atoms with van der Waals surface area (Å²) < 4.78 is 33.4. The number of hydrogen-bond donors (Lipinski definition) is 0. The van der Waals surface area contributed by atoms with Crippen LogP contribution >= 0.6 is 0 Å². The largest absolute Gasteiger partial charge is 0.491 e. The molecule has 0 saturated carbocycles. The SMILES string of the molecule is C=C(C)C(=O)OC(C)OCCOc1ccc(C2(c3ccc(OCCOC(C)OC(=O)C(=C)C)cc3)c3ccccc3-c3ccccc32)cc1. The van der Waals surface area contributed by atoms with Crippen LogP contribution in [0.3, 0.4) is 0 Å². The zero-order chi connectivity index (χ0) is 35.0. The molecule has 1 aliphatic carbocycles. The van der Waals surface area contributed by atoms with Crippen LogP contribution in [0, 0.1) is 0 Å². The molecule has 0 radical (unpaired) electrons. The monoisotopic (exact) mass is 662 g/mol. The topological polar surface area (TPSA) is 89.5 Å². The average Bonchev–Trinajstić information content (AvgIpc) is 3.40. The first-order valence-electron chi connectivity index (χ1n) is 16.2. The lowest BCUT2D eigenvalue weighted by Gasteiger charge is -2.34. The zero-order valence-corrected chi connectivity index (χ0v) is 28.4. The van der Waals surface area contributed by atoms with E-state index in [1.54, 1.807) is 27.7 Å². The minimum absolute atomic E-state index is 0.249.